The van der Waals surface area contributed by atoms with Crippen LogP contribution in [0, 0.1) is 0 Å². The molecule has 0 bridgehead atoms. The fourth-order valence-corrected chi connectivity index (χ4v) is 4.06. The number of thioether (sulfide) groups is 1. The summed E-state index contributed by atoms with van der Waals surface area (Å²) in [6.45, 7) is 4.76. The predicted molar refractivity (Wildman–Crippen MR) is 107 cm³/mol. The Morgan fingerprint density at radius 1 is 1.15 bits per heavy atom. The Balaban J connectivity index is 1.70. The molecular formula is C21H23NO4S. The van der Waals surface area contributed by atoms with Crippen LogP contribution in [0.2, 0.25) is 0 Å². The summed E-state index contributed by atoms with van der Waals surface area (Å²) in [5, 5.41) is 0.421. The van der Waals surface area contributed by atoms with Crippen LogP contribution in [0.15, 0.2) is 53.4 Å². The van der Waals surface area contributed by atoms with Crippen molar-refractivity contribution in [2.24, 2.45) is 0 Å². The third-order valence-electron chi connectivity index (χ3n) is 4.28. The molecule has 1 atom stereocenters. The summed E-state index contributed by atoms with van der Waals surface area (Å²) in [7, 11) is 0. The number of anilines is 1. The van der Waals surface area contributed by atoms with Crippen molar-refractivity contribution in [2.75, 3.05) is 24.7 Å². The van der Waals surface area contributed by atoms with Gasteiger partial charge in [-0.1, -0.05) is 31.2 Å². The number of fused-ring (bicyclic) bond motifs is 1. The molecule has 5 nitrogen and oxygen atoms in total. The number of hydrogen-bond donors (Lipinski definition) is 0. The molecule has 0 spiro atoms. The average Bonchev–Trinajstić information content (AvgIpc) is 2.84. The van der Waals surface area contributed by atoms with E-state index in [1.54, 1.807) is 40.9 Å². The monoisotopic (exact) mass is 385 g/mol. The second-order valence-corrected chi connectivity index (χ2v) is 7.72. The highest BCUT2D eigenvalue weighted by atomic mass is 32.2. The van der Waals surface area contributed by atoms with Gasteiger partial charge in [-0.05, 0) is 37.6 Å². The Morgan fingerprint density at radius 3 is 2.70 bits per heavy atom. The fraction of sp³-hybridized carbons (Fsp3) is 0.333. The lowest BCUT2D eigenvalue weighted by Crippen LogP contribution is -2.35. The topological polar surface area (TPSA) is 55.8 Å². The highest BCUT2D eigenvalue weighted by Gasteiger charge is 2.25. The standard InChI is InChI=1S/C21H23NO4S/c1-3-25-18-10-6-4-8-16(18)21(24)26-14-20(23)22-13-12-15(2)27-19-11-7-5-9-17(19)22/h4-11,15H,3,12-14H2,1-2H3. The first-order chi connectivity index (χ1) is 13.1. The Morgan fingerprint density at radius 2 is 1.89 bits per heavy atom. The van der Waals surface area contributed by atoms with Crippen LogP contribution in [-0.2, 0) is 9.53 Å². The van der Waals surface area contributed by atoms with E-state index in [1.807, 2.05) is 31.2 Å². The number of para-hydroxylation sites is 2. The van der Waals surface area contributed by atoms with Crippen LogP contribution in [0.25, 0.3) is 0 Å². The Hall–Kier alpha value is -2.47. The van der Waals surface area contributed by atoms with E-state index in [1.165, 1.54) is 0 Å². The average molecular weight is 385 g/mol. The molecule has 1 aliphatic heterocycles. The maximum atomic E-state index is 12.8. The third kappa shape index (κ3) is 4.63. The van der Waals surface area contributed by atoms with Gasteiger partial charge in [0.2, 0.25) is 0 Å². The van der Waals surface area contributed by atoms with Crippen LogP contribution in [0.3, 0.4) is 0 Å². The van der Waals surface area contributed by atoms with E-state index in [-0.39, 0.29) is 12.5 Å². The molecule has 0 radical (unpaired) electrons. The van der Waals surface area contributed by atoms with E-state index in [9.17, 15) is 9.59 Å². The van der Waals surface area contributed by atoms with Crippen LogP contribution in [-0.4, -0.2) is 36.9 Å². The lowest BCUT2D eigenvalue weighted by molar-refractivity contribution is -0.121. The van der Waals surface area contributed by atoms with Crippen molar-refractivity contribution in [2.45, 2.75) is 30.4 Å². The molecule has 3 rings (SSSR count). The maximum absolute atomic E-state index is 12.8. The minimum absolute atomic E-state index is 0.223. The lowest BCUT2D eigenvalue weighted by atomic mass is 10.2. The number of carbonyl (C=O) groups is 2. The summed E-state index contributed by atoms with van der Waals surface area (Å²) in [6, 6.07) is 14.7. The smallest absolute Gasteiger partial charge is 0.342 e. The minimum atomic E-state index is -0.557. The van der Waals surface area contributed by atoms with E-state index in [4.69, 9.17) is 9.47 Å². The van der Waals surface area contributed by atoms with Gasteiger partial charge in [0, 0.05) is 16.7 Å². The minimum Gasteiger partial charge on any atom is -0.493 e. The number of benzene rings is 2. The number of nitrogens with zero attached hydrogens (tertiary/aromatic N) is 1. The van der Waals surface area contributed by atoms with Gasteiger partial charge in [0.25, 0.3) is 5.91 Å². The van der Waals surface area contributed by atoms with E-state index in [0.717, 1.165) is 17.0 Å². The highest BCUT2D eigenvalue weighted by Crippen LogP contribution is 2.37. The summed E-state index contributed by atoms with van der Waals surface area (Å²) in [5.74, 6) is -0.319. The summed E-state index contributed by atoms with van der Waals surface area (Å²) >= 11 is 1.76. The number of ether oxygens (including phenoxy) is 2. The molecule has 0 fully saturated rings. The Labute approximate surface area is 163 Å². The van der Waals surface area contributed by atoms with Crippen LogP contribution in [0.4, 0.5) is 5.69 Å². The molecule has 0 saturated heterocycles. The van der Waals surface area contributed by atoms with Gasteiger partial charge < -0.3 is 14.4 Å². The first-order valence-corrected chi connectivity index (χ1v) is 9.93. The largest absolute Gasteiger partial charge is 0.493 e. The van der Waals surface area contributed by atoms with E-state index >= 15 is 0 Å². The van der Waals surface area contributed by atoms with Crippen molar-refractivity contribution < 1.29 is 19.1 Å². The Bertz CT molecular complexity index is 823. The van der Waals surface area contributed by atoms with E-state index in [2.05, 4.69) is 6.92 Å². The molecule has 0 saturated carbocycles. The van der Waals surface area contributed by atoms with Gasteiger partial charge >= 0.3 is 5.97 Å². The van der Waals surface area contributed by atoms with Crippen molar-refractivity contribution in [1.82, 2.24) is 0 Å². The zero-order valence-corrected chi connectivity index (χ0v) is 16.3. The zero-order chi connectivity index (χ0) is 19.2. The molecule has 0 N–H and O–H groups in total. The first-order valence-electron chi connectivity index (χ1n) is 9.05. The van der Waals surface area contributed by atoms with Gasteiger partial charge in [0.15, 0.2) is 6.61 Å². The molecule has 142 valence electrons. The number of hydrogen-bond acceptors (Lipinski definition) is 5. The normalized spacial score (nSPS) is 16.2. The van der Waals surface area contributed by atoms with Gasteiger partial charge in [0.1, 0.15) is 11.3 Å². The SMILES string of the molecule is CCOc1ccccc1C(=O)OCC(=O)N1CCC(C)Sc2ccccc21. The maximum Gasteiger partial charge on any atom is 0.342 e. The molecule has 2 aromatic carbocycles. The molecular weight excluding hydrogens is 362 g/mol. The molecule has 1 aliphatic rings. The van der Waals surface area contributed by atoms with Crippen LogP contribution < -0.4 is 9.64 Å². The molecule has 0 aliphatic carbocycles. The van der Waals surface area contributed by atoms with Crippen molar-refractivity contribution >= 4 is 29.3 Å². The first kappa shape index (κ1) is 19.3. The molecule has 0 aromatic heterocycles. The van der Waals surface area contributed by atoms with Gasteiger partial charge in [-0.3, -0.25) is 4.79 Å². The zero-order valence-electron chi connectivity index (χ0n) is 15.5. The third-order valence-corrected chi connectivity index (χ3v) is 5.52. The molecule has 6 heteroatoms. The van der Waals surface area contributed by atoms with Crippen molar-refractivity contribution in [3.05, 3.63) is 54.1 Å². The second kappa shape index (κ2) is 8.95. The van der Waals surface area contributed by atoms with Crippen molar-refractivity contribution in [1.29, 1.82) is 0 Å². The quantitative estimate of drug-likeness (QED) is 0.724. The lowest BCUT2D eigenvalue weighted by Gasteiger charge is -2.22. The van der Waals surface area contributed by atoms with Gasteiger partial charge in [0.05, 0.1) is 12.3 Å². The van der Waals surface area contributed by atoms with Gasteiger partial charge in [-0.2, -0.15) is 0 Å². The summed E-state index contributed by atoms with van der Waals surface area (Å²) in [4.78, 5) is 28.0. The van der Waals surface area contributed by atoms with Crippen LogP contribution in [0.1, 0.15) is 30.6 Å². The number of esters is 1. The van der Waals surface area contributed by atoms with Gasteiger partial charge in [-0.15, -0.1) is 11.8 Å². The predicted octanol–water partition coefficient (Wildman–Crippen LogP) is 4.16. The van der Waals surface area contributed by atoms with Gasteiger partial charge in [-0.25, -0.2) is 4.79 Å². The molecule has 1 unspecified atom stereocenters. The van der Waals surface area contributed by atoms with Crippen LogP contribution in [0.5, 0.6) is 5.75 Å². The Kier molecular flexibility index (Phi) is 6.40. The van der Waals surface area contributed by atoms with E-state index < -0.39 is 5.97 Å². The number of carbonyl (C=O) groups excluding carboxylic acids is 2. The molecule has 2 aromatic rings. The summed E-state index contributed by atoms with van der Waals surface area (Å²) in [6.07, 6.45) is 0.881. The molecule has 27 heavy (non-hydrogen) atoms. The van der Waals surface area contributed by atoms with Crippen LogP contribution >= 0.6 is 11.8 Å². The fourth-order valence-electron chi connectivity index (χ4n) is 2.95. The molecule has 1 heterocycles. The van der Waals surface area contributed by atoms with E-state index in [0.29, 0.717) is 29.7 Å². The van der Waals surface area contributed by atoms with Crippen molar-refractivity contribution in [3.63, 3.8) is 0 Å². The molecule has 1 amide bonds. The number of amides is 1. The van der Waals surface area contributed by atoms with Crippen molar-refractivity contribution in [3.8, 4) is 5.75 Å². The summed E-state index contributed by atoms with van der Waals surface area (Å²) in [5.41, 5.74) is 1.20. The number of rotatable bonds is 5. The second-order valence-electron chi connectivity index (χ2n) is 6.24. The summed E-state index contributed by atoms with van der Waals surface area (Å²) < 4.78 is 10.8. The highest BCUT2D eigenvalue weighted by molar-refractivity contribution is 8.00.